The first kappa shape index (κ1) is 8.80. The molecule has 0 fully saturated rings. The monoisotopic (exact) mass is 167 g/mol. The molecule has 1 rings (SSSR count). The van der Waals surface area contributed by atoms with Crippen molar-refractivity contribution in [3.05, 3.63) is 28.2 Å². The maximum absolute atomic E-state index is 11.1. The van der Waals surface area contributed by atoms with Gasteiger partial charge < -0.3 is 16.0 Å². The number of nitrogen functional groups attached to an aromatic ring is 1. The normalized spacial score (nSPS) is 10.2. The number of aryl methyl sites for hydroxylation is 1. The summed E-state index contributed by atoms with van der Waals surface area (Å²) in [6, 6.07) is 1.53. The fourth-order valence-electron chi connectivity index (χ4n) is 1.06. The molecule has 12 heavy (non-hydrogen) atoms. The summed E-state index contributed by atoms with van der Waals surface area (Å²) in [5.41, 5.74) is 12.4. The van der Waals surface area contributed by atoms with Crippen LogP contribution in [0.3, 0.4) is 0 Å². The Morgan fingerprint density at radius 3 is 2.83 bits per heavy atom. The summed E-state index contributed by atoms with van der Waals surface area (Å²) in [6.45, 7) is 0.511. The van der Waals surface area contributed by atoms with Gasteiger partial charge in [-0.15, -0.1) is 0 Å². The Morgan fingerprint density at radius 2 is 2.25 bits per heavy atom. The van der Waals surface area contributed by atoms with Crippen LogP contribution < -0.4 is 17.0 Å². The van der Waals surface area contributed by atoms with Crippen molar-refractivity contribution in [2.24, 2.45) is 12.8 Å². The molecule has 0 aliphatic heterocycles. The van der Waals surface area contributed by atoms with Gasteiger partial charge in [-0.3, -0.25) is 4.79 Å². The van der Waals surface area contributed by atoms with Gasteiger partial charge in [0.1, 0.15) is 0 Å². The molecule has 0 radical (unpaired) electrons. The Kier molecular flexibility index (Phi) is 2.50. The van der Waals surface area contributed by atoms with Crippen LogP contribution >= 0.6 is 0 Å². The zero-order chi connectivity index (χ0) is 9.14. The molecular formula is C8H13N3O. The van der Waals surface area contributed by atoms with E-state index < -0.39 is 0 Å². The highest BCUT2D eigenvalue weighted by Crippen LogP contribution is 2.06. The Morgan fingerprint density at radius 1 is 1.58 bits per heavy atom. The van der Waals surface area contributed by atoms with E-state index in [0.29, 0.717) is 18.7 Å². The summed E-state index contributed by atoms with van der Waals surface area (Å²) < 4.78 is 1.45. The highest BCUT2D eigenvalue weighted by Gasteiger charge is 2.00. The minimum atomic E-state index is -0.0485. The van der Waals surface area contributed by atoms with Crippen molar-refractivity contribution >= 4 is 5.69 Å². The van der Waals surface area contributed by atoms with Crippen LogP contribution in [0.4, 0.5) is 5.69 Å². The predicted molar refractivity (Wildman–Crippen MR) is 48.9 cm³/mol. The van der Waals surface area contributed by atoms with Crippen molar-refractivity contribution in [2.45, 2.75) is 6.42 Å². The summed E-state index contributed by atoms with van der Waals surface area (Å²) in [5.74, 6) is 0. The van der Waals surface area contributed by atoms with E-state index >= 15 is 0 Å². The van der Waals surface area contributed by atoms with Crippen molar-refractivity contribution in [2.75, 3.05) is 12.3 Å². The molecule has 1 heterocycles. The fourth-order valence-corrected chi connectivity index (χ4v) is 1.06. The molecule has 4 heteroatoms. The fraction of sp³-hybridized carbons (Fsp3) is 0.375. The van der Waals surface area contributed by atoms with Gasteiger partial charge in [-0.25, -0.2) is 0 Å². The molecule has 0 aromatic carbocycles. The first-order valence-corrected chi connectivity index (χ1v) is 3.80. The van der Waals surface area contributed by atoms with E-state index in [0.717, 1.165) is 5.56 Å². The minimum Gasteiger partial charge on any atom is -0.397 e. The highest BCUT2D eigenvalue weighted by atomic mass is 16.1. The van der Waals surface area contributed by atoms with Crippen molar-refractivity contribution in [1.82, 2.24) is 4.57 Å². The van der Waals surface area contributed by atoms with Crippen LogP contribution in [0.25, 0.3) is 0 Å². The van der Waals surface area contributed by atoms with E-state index in [9.17, 15) is 4.79 Å². The molecule has 0 aliphatic carbocycles. The van der Waals surface area contributed by atoms with Crippen LogP contribution in [-0.4, -0.2) is 11.1 Å². The molecule has 0 spiro atoms. The second kappa shape index (κ2) is 3.40. The Hall–Kier alpha value is -1.29. The molecule has 0 unspecified atom stereocenters. The van der Waals surface area contributed by atoms with Gasteiger partial charge in [0.2, 0.25) is 0 Å². The maximum Gasteiger partial charge on any atom is 0.250 e. The zero-order valence-electron chi connectivity index (χ0n) is 7.08. The van der Waals surface area contributed by atoms with Gasteiger partial charge in [0.25, 0.3) is 5.56 Å². The van der Waals surface area contributed by atoms with Gasteiger partial charge in [0, 0.05) is 19.3 Å². The second-order valence-electron chi connectivity index (χ2n) is 2.74. The molecule has 4 N–H and O–H groups in total. The Balaban J connectivity index is 3.14. The number of hydrogen-bond donors (Lipinski definition) is 2. The minimum absolute atomic E-state index is 0.0485. The summed E-state index contributed by atoms with van der Waals surface area (Å²) in [7, 11) is 1.67. The van der Waals surface area contributed by atoms with Gasteiger partial charge in [0.05, 0.1) is 5.69 Å². The lowest BCUT2D eigenvalue weighted by Gasteiger charge is -2.04. The van der Waals surface area contributed by atoms with E-state index in [2.05, 4.69) is 0 Å². The molecular weight excluding hydrogens is 154 g/mol. The average Bonchev–Trinajstić information content (AvgIpc) is 2.01. The van der Waals surface area contributed by atoms with Gasteiger partial charge in [-0.2, -0.15) is 0 Å². The quantitative estimate of drug-likeness (QED) is 0.621. The summed E-state index contributed by atoms with van der Waals surface area (Å²) in [4.78, 5) is 11.1. The van der Waals surface area contributed by atoms with Crippen molar-refractivity contribution in [1.29, 1.82) is 0 Å². The van der Waals surface area contributed by atoms with Gasteiger partial charge in [-0.1, -0.05) is 0 Å². The van der Waals surface area contributed by atoms with E-state index in [1.165, 1.54) is 10.6 Å². The summed E-state index contributed by atoms with van der Waals surface area (Å²) in [6.07, 6.45) is 2.27. The molecule has 1 aromatic rings. The third-order valence-electron chi connectivity index (χ3n) is 1.76. The molecule has 0 saturated carbocycles. The summed E-state index contributed by atoms with van der Waals surface area (Å²) in [5, 5.41) is 0. The second-order valence-corrected chi connectivity index (χ2v) is 2.74. The first-order chi connectivity index (χ1) is 5.65. The predicted octanol–water partition coefficient (Wildman–Crippen LogP) is -0.531. The maximum atomic E-state index is 11.1. The molecule has 0 aliphatic rings. The van der Waals surface area contributed by atoms with Crippen LogP contribution in [0.1, 0.15) is 5.56 Å². The number of hydrogen-bond acceptors (Lipinski definition) is 3. The van der Waals surface area contributed by atoms with Gasteiger partial charge in [0.15, 0.2) is 0 Å². The van der Waals surface area contributed by atoms with Crippen LogP contribution in [0.2, 0.25) is 0 Å². The van der Waals surface area contributed by atoms with Crippen LogP contribution in [-0.2, 0) is 13.5 Å². The van der Waals surface area contributed by atoms with Crippen molar-refractivity contribution in [3.63, 3.8) is 0 Å². The lowest BCUT2D eigenvalue weighted by Crippen LogP contribution is -2.18. The van der Waals surface area contributed by atoms with Crippen LogP contribution in [0, 0.1) is 0 Å². The van der Waals surface area contributed by atoms with Crippen LogP contribution in [0.5, 0.6) is 0 Å². The number of anilines is 1. The first-order valence-electron chi connectivity index (χ1n) is 3.80. The summed E-state index contributed by atoms with van der Waals surface area (Å²) >= 11 is 0. The molecule has 0 atom stereocenters. The molecule has 0 saturated heterocycles. The lowest BCUT2D eigenvalue weighted by atomic mass is 10.1. The molecule has 4 nitrogen and oxygen atoms in total. The zero-order valence-corrected chi connectivity index (χ0v) is 7.08. The largest absolute Gasteiger partial charge is 0.397 e. The van der Waals surface area contributed by atoms with E-state index in [4.69, 9.17) is 11.5 Å². The number of aromatic nitrogens is 1. The van der Waals surface area contributed by atoms with Gasteiger partial charge in [-0.05, 0) is 18.5 Å². The number of nitrogens with zero attached hydrogens (tertiary/aromatic N) is 1. The molecule has 66 valence electrons. The van der Waals surface area contributed by atoms with E-state index in [-0.39, 0.29) is 5.56 Å². The molecule has 0 amide bonds. The average molecular weight is 167 g/mol. The third kappa shape index (κ3) is 1.65. The smallest absolute Gasteiger partial charge is 0.250 e. The van der Waals surface area contributed by atoms with E-state index in [1.54, 1.807) is 13.2 Å². The molecule has 0 bridgehead atoms. The number of pyridine rings is 1. The topological polar surface area (TPSA) is 74.0 Å². The van der Waals surface area contributed by atoms with Crippen molar-refractivity contribution < 1.29 is 0 Å². The van der Waals surface area contributed by atoms with Crippen molar-refractivity contribution in [3.8, 4) is 0 Å². The SMILES string of the molecule is Cn1cc(N)c(CCN)cc1=O. The number of rotatable bonds is 2. The number of nitrogens with two attached hydrogens (primary N) is 2. The molecule has 1 aromatic heterocycles. The van der Waals surface area contributed by atoms with Gasteiger partial charge >= 0.3 is 0 Å². The third-order valence-corrected chi connectivity index (χ3v) is 1.76. The van der Waals surface area contributed by atoms with E-state index in [1.807, 2.05) is 0 Å². The Labute approximate surface area is 70.8 Å². The Bertz CT molecular complexity index is 330. The standard InChI is InChI=1S/C8H13N3O/c1-11-5-7(10)6(2-3-9)4-8(11)12/h4-5H,2-3,9-10H2,1H3. The highest BCUT2D eigenvalue weighted by molar-refractivity contribution is 5.44. The lowest BCUT2D eigenvalue weighted by molar-refractivity contribution is 0.848. The van der Waals surface area contributed by atoms with Crippen LogP contribution in [0.15, 0.2) is 17.1 Å².